The van der Waals surface area contributed by atoms with Crippen molar-refractivity contribution in [1.29, 1.82) is 0 Å². The van der Waals surface area contributed by atoms with Gasteiger partial charge in [0, 0.05) is 37.0 Å². The molecule has 0 unspecified atom stereocenters. The minimum Gasteiger partial charge on any atom is -0.353 e. The van der Waals surface area contributed by atoms with E-state index in [1.165, 1.54) is 16.9 Å². The molecule has 0 spiro atoms. The molecule has 9 nitrogen and oxygen atoms in total. The largest absolute Gasteiger partial charge is 0.353 e. The van der Waals surface area contributed by atoms with Gasteiger partial charge in [-0.05, 0) is 74.7 Å². The van der Waals surface area contributed by atoms with Gasteiger partial charge in [-0.3, -0.25) is 14.5 Å². The van der Waals surface area contributed by atoms with Gasteiger partial charge in [0.15, 0.2) is 0 Å². The van der Waals surface area contributed by atoms with Gasteiger partial charge in [0.05, 0.1) is 24.3 Å². The summed E-state index contributed by atoms with van der Waals surface area (Å²) in [6.07, 6.45) is 7.81. The van der Waals surface area contributed by atoms with Crippen molar-refractivity contribution in [3.8, 4) is 0 Å². The van der Waals surface area contributed by atoms with Crippen molar-refractivity contribution in [1.82, 2.24) is 25.0 Å². The van der Waals surface area contributed by atoms with E-state index in [0.29, 0.717) is 16.8 Å². The predicted octanol–water partition coefficient (Wildman–Crippen LogP) is 4.51. The van der Waals surface area contributed by atoms with E-state index < -0.39 is 5.82 Å². The van der Waals surface area contributed by atoms with Gasteiger partial charge in [0.25, 0.3) is 5.56 Å². The monoisotopic (exact) mass is 580 g/mol. The molecule has 2 fully saturated rings. The fraction of sp³-hybridized carbons (Fsp3) is 0.500. The standard InChI is InChI=1S/C30H37FN6O3S/c1-20-17-22(31)19-32-28(20)37(25-12-15-41-16-13-25)30(40)35(2)24-9-7-23(8-10-24)34-27(38)11-14-36-29(39)26-6-4-3-5-21(26)18-33-36/h3-6,17-19,23-25H,7-16H2,1-2H3,(H,34,38). The molecule has 3 aromatic rings. The number of benzene rings is 1. The van der Waals surface area contributed by atoms with Crippen LogP contribution in [0.3, 0.4) is 0 Å². The number of nitrogens with zero attached hydrogens (tertiary/aromatic N) is 5. The molecule has 1 saturated heterocycles. The molecule has 2 aliphatic rings. The first kappa shape index (κ1) is 29.0. The first-order valence-electron chi connectivity index (χ1n) is 14.3. The number of halogens is 1. The molecule has 2 aromatic heterocycles. The van der Waals surface area contributed by atoms with Crippen LogP contribution in [-0.2, 0) is 11.3 Å². The summed E-state index contributed by atoms with van der Waals surface area (Å²) in [6.45, 7) is 2.01. The number of nitrogens with one attached hydrogen (secondary N) is 1. The highest BCUT2D eigenvalue weighted by molar-refractivity contribution is 7.99. The molecule has 1 aliphatic carbocycles. The summed E-state index contributed by atoms with van der Waals surface area (Å²) in [7, 11) is 1.84. The van der Waals surface area contributed by atoms with E-state index >= 15 is 0 Å². The van der Waals surface area contributed by atoms with Gasteiger partial charge in [-0.15, -0.1) is 0 Å². The molecule has 1 saturated carbocycles. The Labute approximate surface area is 243 Å². The number of fused-ring (bicyclic) bond motifs is 1. The second-order valence-electron chi connectivity index (χ2n) is 11.0. The Balaban J connectivity index is 1.16. The summed E-state index contributed by atoms with van der Waals surface area (Å²) < 4.78 is 15.2. The van der Waals surface area contributed by atoms with E-state index in [1.54, 1.807) is 24.1 Å². The molecular formula is C30H37FN6O3S. The Hall–Kier alpha value is -3.47. The van der Waals surface area contributed by atoms with Gasteiger partial charge < -0.3 is 10.2 Å². The van der Waals surface area contributed by atoms with Crippen molar-refractivity contribution in [2.75, 3.05) is 23.5 Å². The number of urea groups is 1. The van der Waals surface area contributed by atoms with Crippen molar-refractivity contribution in [3.63, 3.8) is 0 Å². The SMILES string of the molecule is Cc1cc(F)cnc1N(C(=O)N(C)C1CCC(NC(=O)CCn2ncc3ccccc3c2=O)CC1)C1CCSCC1. The highest BCUT2D eigenvalue weighted by Gasteiger charge is 2.35. The third-order valence-electron chi connectivity index (χ3n) is 8.23. The van der Waals surface area contributed by atoms with E-state index in [-0.39, 0.29) is 48.6 Å². The number of aryl methyl sites for hydroxylation is 2. The number of thioether (sulfide) groups is 1. The van der Waals surface area contributed by atoms with E-state index in [9.17, 15) is 18.8 Å². The molecule has 3 heterocycles. The van der Waals surface area contributed by atoms with Crippen LogP contribution in [0, 0.1) is 12.7 Å². The van der Waals surface area contributed by atoms with Crippen LogP contribution in [-0.4, -0.2) is 68.3 Å². The molecule has 0 atom stereocenters. The number of rotatable bonds is 7. The van der Waals surface area contributed by atoms with Crippen LogP contribution in [0.1, 0.15) is 50.5 Å². The van der Waals surface area contributed by atoms with E-state index in [2.05, 4.69) is 15.4 Å². The first-order valence-corrected chi connectivity index (χ1v) is 15.5. The quantitative estimate of drug-likeness (QED) is 0.442. The zero-order valence-electron chi connectivity index (χ0n) is 23.6. The topological polar surface area (TPSA) is 100 Å². The number of aromatic nitrogens is 3. The minimum atomic E-state index is -0.410. The number of carbonyl (C=O) groups is 2. The summed E-state index contributed by atoms with van der Waals surface area (Å²) in [4.78, 5) is 47.2. The normalized spacial score (nSPS) is 19.6. The van der Waals surface area contributed by atoms with E-state index in [0.717, 1.165) is 55.4 Å². The number of carbonyl (C=O) groups excluding carboxylic acids is 2. The Bertz CT molecular complexity index is 1450. The summed E-state index contributed by atoms with van der Waals surface area (Å²) in [5.41, 5.74) is 0.453. The van der Waals surface area contributed by atoms with Crippen LogP contribution < -0.4 is 15.8 Å². The average Bonchev–Trinajstić information content (AvgIpc) is 2.98. The third kappa shape index (κ3) is 6.72. The molecule has 0 radical (unpaired) electrons. The molecule has 1 N–H and O–H groups in total. The lowest BCUT2D eigenvalue weighted by Crippen LogP contribution is -2.53. The number of anilines is 1. The second-order valence-corrected chi connectivity index (χ2v) is 12.2. The van der Waals surface area contributed by atoms with E-state index in [4.69, 9.17) is 0 Å². The molecule has 5 rings (SSSR count). The molecule has 1 aliphatic heterocycles. The second kappa shape index (κ2) is 13.0. The average molecular weight is 581 g/mol. The summed E-state index contributed by atoms with van der Waals surface area (Å²) in [5.74, 6) is 1.97. The van der Waals surface area contributed by atoms with Crippen LogP contribution in [0.5, 0.6) is 0 Å². The number of pyridine rings is 1. The van der Waals surface area contributed by atoms with Gasteiger partial charge in [-0.25, -0.2) is 18.9 Å². The molecule has 218 valence electrons. The van der Waals surface area contributed by atoms with Gasteiger partial charge in [0.2, 0.25) is 5.91 Å². The predicted molar refractivity (Wildman–Crippen MR) is 160 cm³/mol. The van der Waals surface area contributed by atoms with Crippen LogP contribution in [0.25, 0.3) is 10.8 Å². The lowest BCUT2D eigenvalue weighted by atomic mass is 9.90. The van der Waals surface area contributed by atoms with Crippen molar-refractivity contribution < 1.29 is 14.0 Å². The minimum absolute atomic E-state index is 0.0241. The van der Waals surface area contributed by atoms with Crippen LogP contribution in [0.4, 0.5) is 15.0 Å². The van der Waals surface area contributed by atoms with Crippen LogP contribution in [0.2, 0.25) is 0 Å². The Morgan fingerprint density at radius 1 is 1.07 bits per heavy atom. The third-order valence-corrected chi connectivity index (χ3v) is 9.28. The highest BCUT2D eigenvalue weighted by atomic mass is 32.2. The maximum Gasteiger partial charge on any atom is 0.325 e. The van der Waals surface area contributed by atoms with Gasteiger partial charge in [-0.1, -0.05) is 18.2 Å². The number of amides is 3. The molecule has 41 heavy (non-hydrogen) atoms. The molecular weight excluding hydrogens is 543 g/mol. The fourth-order valence-electron chi connectivity index (χ4n) is 5.88. The van der Waals surface area contributed by atoms with Crippen molar-refractivity contribution in [2.45, 2.75) is 76.5 Å². The summed E-state index contributed by atoms with van der Waals surface area (Å²) >= 11 is 1.89. The lowest BCUT2D eigenvalue weighted by Gasteiger charge is -2.41. The van der Waals surface area contributed by atoms with Crippen molar-refractivity contribution >= 4 is 40.3 Å². The molecule has 3 amide bonds. The summed E-state index contributed by atoms with van der Waals surface area (Å²) in [5, 5.41) is 8.68. The zero-order chi connectivity index (χ0) is 28.9. The maximum atomic E-state index is 13.9. The Kier molecular flexibility index (Phi) is 9.22. The van der Waals surface area contributed by atoms with Crippen molar-refractivity contribution in [3.05, 3.63) is 64.5 Å². The number of hydrogen-bond acceptors (Lipinski definition) is 6. The van der Waals surface area contributed by atoms with Crippen LogP contribution >= 0.6 is 11.8 Å². The van der Waals surface area contributed by atoms with Gasteiger partial charge >= 0.3 is 6.03 Å². The van der Waals surface area contributed by atoms with Crippen LogP contribution in [0.15, 0.2) is 47.5 Å². The van der Waals surface area contributed by atoms with Crippen molar-refractivity contribution in [2.24, 2.45) is 0 Å². The summed E-state index contributed by atoms with van der Waals surface area (Å²) in [6, 6.07) is 8.70. The highest BCUT2D eigenvalue weighted by Crippen LogP contribution is 2.31. The molecule has 11 heteroatoms. The molecule has 1 aromatic carbocycles. The van der Waals surface area contributed by atoms with Gasteiger partial charge in [-0.2, -0.15) is 16.9 Å². The maximum absolute atomic E-state index is 13.9. The first-order chi connectivity index (χ1) is 19.8. The lowest BCUT2D eigenvalue weighted by molar-refractivity contribution is -0.122. The van der Waals surface area contributed by atoms with E-state index in [1.807, 2.05) is 41.9 Å². The smallest absolute Gasteiger partial charge is 0.325 e. The zero-order valence-corrected chi connectivity index (χ0v) is 24.4. The fourth-order valence-corrected chi connectivity index (χ4v) is 6.96. The number of hydrogen-bond donors (Lipinski definition) is 1. The Morgan fingerprint density at radius 3 is 2.54 bits per heavy atom. The van der Waals surface area contributed by atoms with Gasteiger partial charge in [0.1, 0.15) is 11.6 Å². The Morgan fingerprint density at radius 2 is 1.80 bits per heavy atom. The molecule has 0 bridgehead atoms.